The smallest absolute Gasteiger partial charge is 0.293 e. The molecule has 4 heterocycles. The van der Waals surface area contributed by atoms with Gasteiger partial charge >= 0.3 is 0 Å². The summed E-state index contributed by atoms with van der Waals surface area (Å²) in [6, 6.07) is 8.85. The first-order valence-corrected chi connectivity index (χ1v) is 9.61. The summed E-state index contributed by atoms with van der Waals surface area (Å²) < 4.78 is 14.8. The third-order valence-electron chi connectivity index (χ3n) is 5.08. The minimum Gasteiger partial charge on any atom is -0.346 e. The topological polar surface area (TPSA) is 117 Å². The molecule has 0 fully saturated rings. The van der Waals surface area contributed by atoms with E-state index in [2.05, 4.69) is 31.0 Å². The number of rotatable bonds is 3. The molecule has 9 nitrogen and oxygen atoms in total. The van der Waals surface area contributed by atoms with Gasteiger partial charge in [-0.2, -0.15) is 0 Å². The third kappa shape index (κ3) is 3.08. The fourth-order valence-corrected chi connectivity index (χ4v) is 3.84. The fourth-order valence-electron chi connectivity index (χ4n) is 3.57. The van der Waals surface area contributed by atoms with E-state index in [9.17, 15) is 14.0 Å². The Hall–Kier alpha value is -3.92. The second-order valence-corrected chi connectivity index (χ2v) is 7.59. The van der Waals surface area contributed by atoms with Crippen LogP contribution >= 0.6 is 11.6 Å². The Morgan fingerprint density at radius 1 is 1.19 bits per heavy atom. The van der Waals surface area contributed by atoms with Crippen LogP contribution in [0, 0.1) is 5.82 Å². The lowest BCUT2D eigenvalue weighted by Gasteiger charge is -2.38. The number of hydrogen-bond donors (Lipinski definition) is 4. The highest BCUT2D eigenvalue weighted by molar-refractivity contribution is 6.34. The first kappa shape index (κ1) is 19.1. The van der Waals surface area contributed by atoms with Crippen molar-refractivity contribution < 1.29 is 9.18 Å². The van der Waals surface area contributed by atoms with Crippen molar-refractivity contribution in [2.45, 2.75) is 12.6 Å². The lowest BCUT2D eigenvalue weighted by atomic mass is 10.0. The summed E-state index contributed by atoms with van der Waals surface area (Å²) in [5.74, 6) is -0.650. The number of hydrogen-bond acceptors (Lipinski definition) is 6. The molecule has 0 spiro atoms. The first-order chi connectivity index (χ1) is 14.9. The second-order valence-electron chi connectivity index (χ2n) is 7.18. The number of nitrogens with one attached hydrogen (secondary N) is 4. The number of carbonyl (C=O) groups is 1. The molecule has 4 aromatic rings. The summed E-state index contributed by atoms with van der Waals surface area (Å²) in [4.78, 5) is 37.3. The number of aromatic amines is 1. The standard InChI is InChI=1S/C20H15ClFN7O2/c1-20(10-3-2-4-11(22)7-10)27-18(30)15-13(21)8-14(19(31)29(15)28-20)26-17-12-5-6-23-16(12)24-9-25-17/h2-9,28H,1H3,(H,27,30)(H2,23,24,25,26). The molecular weight excluding hydrogens is 425 g/mol. The van der Waals surface area contributed by atoms with Gasteiger partial charge in [0.1, 0.15) is 40.7 Å². The Morgan fingerprint density at radius 2 is 2.03 bits per heavy atom. The number of pyridine rings is 1. The van der Waals surface area contributed by atoms with Crippen LogP contribution in [0.25, 0.3) is 11.0 Å². The average Bonchev–Trinajstić information content (AvgIpc) is 3.21. The lowest BCUT2D eigenvalue weighted by Crippen LogP contribution is -2.60. The van der Waals surface area contributed by atoms with E-state index in [4.69, 9.17) is 11.6 Å². The van der Waals surface area contributed by atoms with Crippen LogP contribution in [0.3, 0.4) is 0 Å². The van der Waals surface area contributed by atoms with Crippen molar-refractivity contribution >= 4 is 40.0 Å². The van der Waals surface area contributed by atoms with Crippen molar-refractivity contribution in [3.8, 4) is 0 Å². The van der Waals surface area contributed by atoms with Crippen LogP contribution in [0.4, 0.5) is 15.9 Å². The maximum atomic E-state index is 13.8. The molecule has 4 N–H and O–H groups in total. The van der Waals surface area contributed by atoms with E-state index >= 15 is 0 Å². The van der Waals surface area contributed by atoms with E-state index in [1.54, 1.807) is 25.3 Å². The number of aromatic nitrogens is 4. The van der Waals surface area contributed by atoms with Crippen molar-refractivity contribution in [2.24, 2.45) is 0 Å². The molecule has 0 saturated carbocycles. The summed E-state index contributed by atoms with van der Waals surface area (Å²) in [6.45, 7) is 1.62. The van der Waals surface area contributed by atoms with Crippen molar-refractivity contribution in [2.75, 3.05) is 10.7 Å². The lowest BCUT2D eigenvalue weighted by molar-refractivity contribution is 0.0874. The number of carbonyl (C=O) groups excluding carboxylic acids is 1. The Labute approximate surface area is 179 Å². The summed E-state index contributed by atoms with van der Waals surface area (Å²) in [7, 11) is 0. The molecule has 0 aliphatic carbocycles. The zero-order valence-corrected chi connectivity index (χ0v) is 16.8. The summed E-state index contributed by atoms with van der Waals surface area (Å²) >= 11 is 6.34. The summed E-state index contributed by atoms with van der Waals surface area (Å²) in [5.41, 5.74) is 2.22. The molecule has 31 heavy (non-hydrogen) atoms. The SMILES string of the molecule is CC1(c2cccc(F)c2)NC(=O)c2c(Cl)cc(Nc3ncnc4[nH]ccc34)c(=O)n2N1. The Kier molecular flexibility index (Phi) is 4.19. The zero-order valence-electron chi connectivity index (χ0n) is 16.0. The monoisotopic (exact) mass is 439 g/mol. The number of nitrogens with zero attached hydrogens (tertiary/aromatic N) is 3. The highest BCUT2D eigenvalue weighted by Gasteiger charge is 2.37. The largest absolute Gasteiger partial charge is 0.346 e. The van der Waals surface area contributed by atoms with E-state index in [0.29, 0.717) is 22.4 Å². The van der Waals surface area contributed by atoms with Crippen molar-refractivity contribution in [1.29, 1.82) is 0 Å². The molecule has 1 aliphatic heterocycles. The summed E-state index contributed by atoms with van der Waals surface area (Å²) in [5, 5.41) is 6.43. The zero-order chi connectivity index (χ0) is 21.8. The maximum Gasteiger partial charge on any atom is 0.293 e. The third-order valence-corrected chi connectivity index (χ3v) is 5.37. The van der Waals surface area contributed by atoms with E-state index in [-0.39, 0.29) is 16.4 Å². The highest BCUT2D eigenvalue weighted by atomic mass is 35.5. The molecule has 5 rings (SSSR count). The Morgan fingerprint density at radius 3 is 2.84 bits per heavy atom. The van der Waals surface area contributed by atoms with Gasteiger partial charge in [-0.1, -0.05) is 23.7 Å². The van der Waals surface area contributed by atoms with Crippen molar-refractivity contribution in [3.63, 3.8) is 0 Å². The van der Waals surface area contributed by atoms with Crippen LogP contribution in [0.1, 0.15) is 23.0 Å². The number of fused-ring (bicyclic) bond motifs is 2. The first-order valence-electron chi connectivity index (χ1n) is 9.23. The molecule has 3 aromatic heterocycles. The van der Waals surface area contributed by atoms with E-state index in [0.717, 1.165) is 4.68 Å². The minimum atomic E-state index is -1.25. The molecular formula is C20H15ClFN7O2. The molecule has 1 amide bonds. The molecule has 11 heteroatoms. The van der Waals surface area contributed by atoms with Crippen molar-refractivity contribution in [1.82, 2.24) is 24.9 Å². The minimum absolute atomic E-state index is 0.0489. The number of H-pyrrole nitrogens is 1. The Balaban J connectivity index is 1.61. The Bertz CT molecular complexity index is 1420. The van der Waals surface area contributed by atoms with E-state index in [1.165, 1.54) is 30.6 Å². The fraction of sp³-hybridized carbons (Fsp3) is 0.100. The number of anilines is 2. The van der Waals surface area contributed by atoms with Gasteiger partial charge in [0.25, 0.3) is 11.5 Å². The maximum absolute atomic E-state index is 13.8. The van der Waals surface area contributed by atoms with Gasteiger partial charge in [-0.15, -0.1) is 0 Å². The molecule has 1 unspecified atom stereocenters. The number of benzene rings is 1. The van der Waals surface area contributed by atoms with Gasteiger partial charge in [0.2, 0.25) is 0 Å². The van der Waals surface area contributed by atoms with Crippen LogP contribution in [0.15, 0.2) is 53.7 Å². The molecule has 1 aliphatic rings. The second kappa shape index (κ2) is 6.81. The van der Waals surface area contributed by atoms with Gasteiger partial charge < -0.3 is 15.6 Å². The van der Waals surface area contributed by atoms with Crippen LogP contribution in [-0.4, -0.2) is 25.5 Å². The van der Waals surface area contributed by atoms with Gasteiger partial charge in [-0.05, 0) is 31.2 Å². The molecule has 1 atom stereocenters. The van der Waals surface area contributed by atoms with Gasteiger partial charge in [-0.3, -0.25) is 15.0 Å². The quantitative estimate of drug-likeness (QED) is 0.390. The molecule has 0 bridgehead atoms. The number of halogens is 2. The van der Waals surface area contributed by atoms with Gasteiger partial charge in [0.15, 0.2) is 0 Å². The van der Waals surface area contributed by atoms with Crippen molar-refractivity contribution in [3.05, 3.63) is 81.4 Å². The molecule has 0 radical (unpaired) electrons. The predicted molar refractivity (Wildman–Crippen MR) is 113 cm³/mol. The molecule has 0 saturated heterocycles. The highest BCUT2D eigenvalue weighted by Crippen LogP contribution is 2.28. The average molecular weight is 440 g/mol. The van der Waals surface area contributed by atoms with E-state index in [1.807, 2.05) is 0 Å². The van der Waals surface area contributed by atoms with Gasteiger partial charge in [-0.25, -0.2) is 19.0 Å². The normalized spacial score (nSPS) is 17.7. The number of amides is 1. The summed E-state index contributed by atoms with van der Waals surface area (Å²) in [6.07, 6.45) is 3.05. The van der Waals surface area contributed by atoms with E-state index < -0.39 is 22.9 Å². The molecule has 1 aromatic carbocycles. The molecule has 156 valence electrons. The van der Waals surface area contributed by atoms with Crippen LogP contribution < -0.4 is 21.6 Å². The van der Waals surface area contributed by atoms with Crippen LogP contribution in [0.5, 0.6) is 0 Å². The van der Waals surface area contributed by atoms with Gasteiger partial charge in [0.05, 0.1) is 10.4 Å². The van der Waals surface area contributed by atoms with Crippen LogP contribution in [0.2, 0.25) is 5.02 Å². The van der Waals surface area contributed by atoms with Crippen LogP contribution in [-0.2, 0) is 5.66 Å². The van der Waals surface area contributed by atoms with Gasteiger partial charge in [0, 0.05) is 11.8 Å². The predicted octanol–water partition coefficient (Wildman–Crippen LogP) is 2.82.